The fraction of sp³-hybridized carbons (Fsp3) is 0.368. The highest BCUT2D eigenvalue weighted by molar-refractivity contribution is 7.93. The Kier molecular flexibility index (Phi) is 5.27. The highest BCUT2D eigenvalue weighted by Gasteiger charge is 2.29. The number of hydrogen-bond donors (Lipinski definition) is 2. The van der Waals surface area contributed by atoms with Crippen LogP contribution in [0.4, 0.5) is 5.69 Å². The summed E-state index contributed by atoms with van der Waals surface area (Å²) in [7, 11) is 1.68. The molecule has 0 fully saturated rings. The average Bonchev–Trinajstić information content (AvgIpc) is 2.46. The molecule has 2 rings (SSSR count). The van der Waals surface area contributed by atoms with E-state index in [0.29, 0.717) is 0 Å². The number of benzene rings is 2. The zero-order valence-electron chi connectivity index (χ0n) is 15.0. The molecule has 2 aromatic carbocycles. The Morgan fingerprint density at radius 1 is 0.870 bits per heavy atom. The van der Waals surface area contributed by atoms with Gasteiger partial charge in [0, 0.05) is 11.1 Å². The lowest BCUT2D eigenvalue weighted by Gasteiger charge is -2.15. The van der Waals surface area contributed by atoms with Crippen LogP contribution in [0.2, 0.25) is 0 Å². The summed E-state index contributed by atoms with van der Waals surface area (Å²) < 4.78 is 19.5. The molecule has 23 heavy (non-hydrogen) atoms. The number of nitrogens with one attached hydrogen (secondary N) is 1. The number of rotatable bonds is 4. The molecule has 1 unspecified atom stereocenters. The standard InChI is InChI=1S/C19H26NO2S/c1-11-8-12(2)18(13(3)9-11)20-23(21)19-14(4)10-17(22-7)15(5)16(19)6/h8-10,20-21H,1-7H3/q+1. The summed E-state index contributed by atoms with van der Waals surface area (Å²) in [6, 6.07) is 6.25. The van der Waals surface area contributed by atoms with E-state index in [-0.39, 0.29) is 0 Å². The van der Waals surface area contributed by atoms with Crippen molar-refractivity contribution in [1.82, 2.24) is 0 Å². The van der Waals surface area contributed by atoms with E-state index in [2.05, 4.69) is 37.6 Å². The van der Waals surface area contributed by atoms with Gasteiger partial charge in [-0.2, -0.15) is 9.27 Å². The summed E-state index contributed by atoms with van der Waals surface area (Å²) in [5.74, 6) is 0.864. The molecule has 4 heteroatoms. The van der Waals surface area contributed by atoms with Gasteiger partial charge in [0.15, 0.2) is 0 Å². The van der Waals surface area contributed by atoms with Crippen molar-refractivity contribution < 1.29 is 9.29 Å². The molecule has 2 N–H and O–H groups in total. The quantitative estimate of drug-likeness (QED) is 0.772. The van der Waals surface area contributed by atoms with Gasteiger partial charge in [-0.3, -0.25) is 0 Å². The Morgan fingerprint density at radius 3 is 1.96 bits per heavy atom. The fourth-order valence-corrected chi connectivity index (χ4v) is 4.44. The third-order valence-electron chi connectivity index (χ3n) is 4.27. The van der Waals surface area contributed by atoms with Crippen LogP contribution >= 0.6 is 0 Å². The molecule has 124 valence electrons. The maximum atomic E-state index is 10.8. The molecule has 0 aromatic heterocycles. The first-order valence-corrected chi connectivity index (χ1v) is 8.87. The van der Waals surface area contributed by atoms with E-state index >= 15 is 0 Å². The largest absolute Gasteiger partial charge is 0.496 e. The predicted molar refractivity (Wildman–Crippen MR) is 99.7 cm³/mol. The van der Waals surface area contributed by atoms with E-state index in [1.54, 1.807) is 7.11 Å². The molecule has 3 nitrogen and oxygen atoms in total. The summed E-state index contributed by atoms with van der Waals surface area (Å²) in [6.45, 7) is 12.3. The van der Waals surface area contributed by atoms with Gasteiger partial charge in [0.1, 0.15) is 5.75 Å². The van der Waals surface area contributed by atoms with Crippen molar-refractivity contribution in [2.24, 2.45) is 0 Å². The second-order valence-electron chi connectivity index (χ2n) is 6.14. The van der Waals surface area contributed by atoms with Crippen LogP contribution in [-0.4, -0.2) is 11.7 Å². The van der Waals surface area contributed by atoms with E-state index in [1.165, 1.54) is 5.56 Å². The molecule has 0 saturated heterocycles. The van der Waals surface area contributed by atoms with E-state index in [4.69, 9.17) is 4.74 Å². The molecule has 1 atom stereocenters. The van der Waals surface area contributed by atoms with Gasteiger partial charge in [0.2, 0.25) is 4.90 Å². The van der Waals surface area contributed by atoms with Gasteiger partial charge >= 0.3 is 11.4 Å². The zero-order chi connectivity index (χ0) is 17.3. The van der Waals surface area contributed by atoms with Crippen molar-refractivity contribution in [3.63, 3.8) is 0 Å². The highest BCUT2D eigenvalue weighted by Crippen LogP contribution is 2.33. The Balaban J connectivity index is 2.43. The molecule has 0 heterocycles. The fourth-order valence-electron chi connectivity index (χ4n) is 3.02. The molecule has 0 bridgehead atoms. The SMILES string of the molecule is COc1cc(C)c([S+](O)Nc2c(C)cc(C)cc2C)c(C)c1C. The number of ether oxygens (including phenoxy) is 1. The third-order valence-corrected chi connectivity index (χ3v) is 5.68. The summed E-state index contributed by atoms with van der Waals surface area (Å²) in [4.78, 5) is 0.947. The molecular weight excluding hydrogens is 306 g/mol. The third kappa shape index (κ3) is 3.48. The predicted octanol–water partition coefficient (Wildman–Crippen LogP) is 5.02. The van der Waals surface area contributed by atoms with Crippen molar-refractivity contribution in [2.45, 2.75) is 46.4 Å². The van der Waals surface area contributed by atoms with E-state index in [0.717, 1.165) is 44.1 Å². The van der Waals surface area contributed by atoms with Gasteiger partial charge in [0.05, 0.1) is 12.8 Å². The average molecular weight is 332 g/mol. The maximum absolute atomic E-state index is 10.8. The van der Waals surface area contributed by atoms with Gasteiger partial charge in [-0.15, -0.1) is 0 Å². The molecule has 0 saturated carbocycles. The smallest absolute Gasteiger partial charge is 0.304 e. The molecule has 0 spiro atoms. The first-order chi connectivity index (χ1) is 10.8. The Bertz CT molecular complexity index is 718. The zero-order valence-corrected chi connectivity index (χ0v) is 15.8. The van der Waals surface area contributed by atoms with Gasteiger partial charge in [0.25, 0.3) is 0 Å². The van der Waals surface area contributed by atoms with Crippen LogP contribution in [0.1, 0.15) is 33.4 Å². The molecule has 0 radical (unpaired) electrons. The van der Waals surface area contributed by atoms with E-state index in [9.17, 15) is 4.55 Å². The highest BCUT2D eigenvalue weighted by atomic mass is 32.2. The summed E-state index contributed by atoms with van der Waals surface area (Å²) in [5.41, 5.74) is 7.71. The van der Waals surface area contributed by atoms with E-state index < -0.39 is 11.4 Å². The van der Waals surface area contributed by atoms with Crippen LogP contribution in [0, 0.1) is 41.5 Å². The molecule has 0 amide bonds. The molecule has 0 aliphatic heterocycles. The van der Waals surface area contributed by atoms with Gasteiger partial charge in [-0.05, 0) is 64.3 Å². The summed E-state index contributed by atoms with van der Waals surface area (Å²) >= 11 is -1.06. The second kappa shape index (κ2) is 6.85. The normalized spacial score (nSPS) is 12.2. The van der Waals surface area contributed by atoms with Gasteiger partial charge in [-0.1, -0.05) is 17.7 Å². The van der Waals surface area contributed by atoms with Gasteiger partial charge < -0.3 is 4.74 Å². The minimum Gasteiger partial charge on any atom is -0.496 e. The topological polar surface area (TPSA) is 41.5 Å². The van der Waals surface area contributed by atoms with Crippen LogP contribution in [-0.2, 0) is 11.4 Å². The lowest BCUT2D eigenvalue weighted by atomic mass is 10.1. The van der Waals surface area contributed by atoms with Crippen LogP contribution in [0.5, 0.6) is 5.75 Å². The molecule has 0 aliphatic carbocycles. The van der Waals surface area contributed by atoms with Crippen LogP contribution in [0.3, 0.4) is 0 Å². The number of aryl methyl sites for hydroxylation is 4. The maximum Gasteiger partial charge on any atom is 0.304 e. The first kappa shape index (κ1) is 17.7. The molecular formula is C19H26NO2S+. The van der Waals surface area contributed by atoms with Crippen LogP contribution < -0.4 is 9.46 Å². The van der Waals surface area contributed by atoms with Gasteiger partial charge in [-0.25, -0.2) is 0 Å². The van der Waals surface area contributed by atoms with Crippen molar-refractivity contribution in [1.29, 1.82) is 0 Å². The summed E-state index contributed by atoms with van der Waals surface area (Å²) in [6.07, 6.45) is 0. The molecule has 0 aliphatic rings. The first-order valence-electron chi connectivity index (χ1n) is 7.69. The van der Waals surface area contributed by atoms with Crippen molar-refractivity contribution in [3.05, 3.63) is 51.6 Å². The minimum atomic E-state index is -1.06. The van der Waals surface area contributed by atoms with E-state index in [1.807, 2.05) is 26.8 Å². The second-order valence-corrected chi connectivity index (χ2v) is 7.32. The number of hydrogen-bond acceptors (Lipinski definition) is 3. The Labute approximate surface area is 142 Å². The van der Waals surface area contributed by atoms with Crippen molar-refractivity contribution in [2.75, 3.05) is 11.8 Å². The number of methoxy groups -OCH3 is 1. The van der Waals surface area contributed by atoms with Crippen LogP contribution in [0.15, 0.2) is 23.1 Å². The Hall–Kier alpha value is -1.65. The van der Waals surface area contributed by atoms with Crippen molar-refractivity contribution in [3.8, 4) is 5.75 Å². The number of anilines is 1. The summed E-state index contributed by atoms with van der Waals surface area (Å²) in [5, 5.41) is 0. The van der Waals surface area contributed by atoms with Crippen molar-refractivity contribution >= 4 is 17.0 Å². The monoisotopic (exact) mass is 332 g/mol. The Morgan fingerprint density at radius 2 is 1.43 bits per heavy atom. The lowest BCUT2D eigenvalue weighted by molar-refractivity contribution is 0.410. The van der Waals surface area contributed by atoms with Crippen LogP contribution in [0.25, 0.3) is 0 Å². The lowest BCUT2D eigenvalue weighted by Crippen LogP contribution is -2.17. The minimum absolute atomic E-state index is 0.864. The molecule has 2 aromatic rings.